The van der Waals surface area contributed by atoms with Gasteiger partial charge in [-0.1, -0.05) is 13.8 Å². The molecule has 0 bridgehead atoms. The fourth-order valence-corrected chi connectivity index (χ4v) is 4.27. The lowest BCUT2D eigenvalue weighted by Gasteiger charge is -2.32. The third kappa shape index (κ3) is 4.15. The van der Waals surface area contributed by atoms with Crippen LogP contribution < -0.4 is 14.4 Å². The number of amides is 1. The van der Waals surface area contributed by atoms with Gasteiger partial charge in [-0.25, -0.2) is 8.42 Å². The van der Waals surface area contributed by atoms with Gasteiger partial charge in [-0.05, 0) is 31.1 Å². The molecule has 6 nitrogen and oxygen atoms in total. The molecular weight excluding hydrogens is 342 g/mol. The maximum Gasteiger partial charge on any atom is 0.230 e. The van der Waals surface area contributed by atoms with Gasteiger partial charge in [0.05, 0.1) is 31.7 Å². The maximum atomic E-state index is 13.1. The Labute approximate surface area is 149 Å². The second-order valence-electron chi connectivity index (χ2n) is 5.98. The Morgan fingerprint density at radius 3 is 2.40 bits per heavy atom. The van der Waals surface area contributed by atoms with E-state index in [0.29, 0.717) is 30.0 Å². The second kappa shape index (κ2) is 7.91. The van der Waals surface area contributed by atoms with Gasteiger partial charge < -0.3 is 14.4 Å². The molecule has 7 heteroatoms. The number of benzene rings is 1. The van der Waals surface area contributed by atoms with E-state index in [1.54, 1.807) is 36.3 Å². The first-order valence-corrected chi connectivity index (χ1v) is 10.0. The number of methoxy groups -OCH3 is 2. The van der Waals surface area contributed by atoms with E-state index in [9.17, 15) is 13.2 Å². The average molecular weight is 367 g/mol. The van der Waals surface area contributed by atoms with Crippen LogP contribution in [0.2, 0.25) is 0 Å². The fourth-order valence-electron chi connectivity index (χ4n) is 3.00. The van der Waals surface area contributed by atoms with Crippen molar-refractivity contribution in [1.29, 1.82) is 0 Å². The molecule has 0 radical (unpaired) electrons. The quantitative estimate of drug-likeness (QED) is 0.741. The Hall–Kier alpha value is -2.02. The number of ether oxygens (including phenoxy) is 2. The molecule has 0 aromatic heterocycles. The molecule has 1 amide bonds. The summed E-state index contributed by atoms with van der Waals surface area (Å²) in [6.45, 7) is 3.91. The summed E-state index contributed by atoms with van der Waals surface area (Å²) in [6.07, 6.45) is 2.94. The average Bonchev–Trinajstić information content (AvgIpc) is 2.96. The molecule has 1 heterocycles. The Bertz CT molecular complexity index is 753. The van der Waals surface area contributed by atoms with Crippen molar-refractivity contribution in [3.63, 3.8) is 0 Å². The number of hydrogen-bond donors (Lipinski definition) is 0. The molecule has 1 aromatic carbocycles. The first-order chi connectivity index (χ1) is 11.9. The van der Waals surface area contributed by atoms with Crippen LogP contribution in [0.5, 0.6) is 11.5 Å². The molecule has 0 spiro atoms. The predicted octanol–water partition coefficient (Wildman–Crippen LogP) is 2.78. The highest BCUT2D eigenvalue weighted by Gasteiger charge is 2.35. The van der Waals surface area contributed by atoms with Crippen molar-refractivity contribution in [3.05, 3.63) is 29.7 Å². The van der Waals surface area contributed by atoms with E-state index < -0.39 is 15.9 Å². The van der Waals surface area contributed by atoms with Gasteiger partial charge in [0.1, 0.15) is 11.5 Å². The van der Waals surface area contributed by atoms with E-state index in [1.807, 2.05) is 13.8 Å². The van der Waals surface area contributed by atoms with Crippen molar-refractivity contribution < 1.29 is 22.7 Å². The van der Waals surface area contributed by atoms with E-state index in [4.69, 9.17) is 9.47 Å². The molecule has 1 aromatic rings. The summed E-state index contributed by atoms with van der Waals surface area (Å²) in [5, 5.41) is 1.18. The lowest BCUT2D eigenvalue weighted by molar-refractivity contribution is -0.122. The van der Waals surface area contributed by atoms with Crippen LogP contribution in [-0.2, 0) is 14.6 Å². The van der Waals surface area contributed by atoms with Crippen molar-refractivity contribution in [3.8, 4) is 11.5 Å². The van der Waals surface area contributed by atoms with Gasteiger partial charge in [-0.2, -0.15) is 0 Å². The fraction of sp³-hybridized carbons (Fsp3) is 0.500. The molecule has 2 rings (SSSR count). The second-order valence-corrected chi connectivity index (χ2v) is 7.92. The third-order valence-electron chi connectivity index (χ3n) is 4.46. The number of carbonyl (C=O) groups is 1. The Kier molecular flexibility index (Phi) is 6.11. The normalized spacial score (nSPS) is 18.4. The number of hydrogen-bond acceptors (Lipinski definition) is 5. The van der Waals surface area contributed by atoms with Crippen LogP contribution in [0.1, 0.15) is 26.7 Å². The molecule has 0 aliphatic carbocycles. The van der Waals surface area contributed by atoms with Gasteiger partial charge >= 0.3 is 0 Å². The summed E-state index contributed by atoms with van der Waals surface area (Å²) < 4.78 is 34.4. The van der Waals surface area contributed by atoms with Crippen molar-refractivity contribution in [2.75, 3.05) is 24.9 Å². The number of rotatable bonds is 7. The zero-order valence-corrected chi connectivity index (χ0v) is 15.9. The number of anilines is 1. The molecule has 0 fully saturated rings. The molecule has 138 valence electrons. The van der Waals surface area contributed by atoms with E-state index in [1.165, 1.54) is 12.5 Å². The molecule has 1 aliphatic rings. The summed E-state index contributed by atoms with van der Waals surface area (Å²) >= 11 is 0. The van der Waals surface area contributed by atoms with Crippen molar-refractivity contribution >= 4 is 21.4 Å². The van der Waals surface area contributed by atoms with E-state index >= 15 is 0 Å². The van der Waals surface area contributed by atoms with Gasteiger partial charge in [-0.3, -0.25) is 4.79 Å². The lowest BCUT2D eigenvalue weighted by atomic mass is 10.00. The third-order valence-corrected chi connectivity index (χ3v) is 5.84. The topological polar surface area (TPSA) is 72.9 Å². The zero-order valence-electron chi connectivity index (χ0n) is 15.1. The molecule has 0 saturated heterocycles. The minimum absolute atomic E-state index is 0.0970. The molecule has 1 aliphatic heterocycles. The highest BCUT2D eigenvalue weighted by molar-refractivity contribution is 7.94. The summed E-state index contributed by atoms with van der Waals surface area (Å²) in [7, 11) is -0.231. The first-order valence-electron chi connectivity index (χ1n) is 8.32. The van der Waals surface area contributed by atoms with Gasteiger partial charge in [0.15, 0.2) is 9.84 Å². The standard InChI is InChI=1S/C18H25NO5S/c1-5-13(6-2)18(20)19(14-9-10-25(21,22)12-14)16-8-7-15(23-3)11-17(16)24-4/h7-11,13-14H,5-6,12H2,1-4H3/t14-/m1/s1. The lowest BCUT2D eigenvalue weighted by Crippen LogP contribution is -2.44. The Morgan fingerprint density at radius 2 is 1.92 bits per heavy atom. The summed E-state index contributed by atoms with van der Waals surface area (Å²) in [6, 6.07) is 4.62. The first kappa shape index (κ1) is 19.3. The highest BCUT2D eigenvalue weighted by atomic mass is 32.2. The summed E-state index contributed by atoms with van der Waals surface area (Å²) in [5.41, 5.74) is 0.548. The van der Waals surface area contributed by atoms with Crippen molar-refractivity contribution in [2.45, 2.75) is 32.7 Å². The van der Waals surface area contributed by atoms with Crippen LogP contribution in [0.25, 0.3) is 0 Å². The van der Waals surface area contributed by atoms with Crippen LogP contribution in [0.15, 0.2) is 29.7 Å². The number of sulfone groups is 1. The predicted molar refractivity (Wildman–Crippen MR) is 97.8 cm³/mol. The zero-order chi connectivity index (χ0) is 18.6. The van der Waals surface area contributed by atoms with Gasteiger partial charge in [0, 0.05) is 17.4 Å². The van der Waals surface area contributed by atoms with E-state index in [2.05, 4.69) is 0 Å². The van der Waals surface area contributed by atoms with Gasteiger partial charge in [-0.15, -0.1) is 0 Å². The van der Waals surface area contributed by atoms with Crippen LogP contribution in [0, 0.1) is 5.92 Å². The van der Waals surface area contributed by atoms with Gasteiger partial charge in [0.2, 0.25) is 5.91 Å². The summed E-state index contributed by atoms with van der Waals surface area (Å²) in [5.74, 6) is 0.679. The monoisotopic (exact) mass is 367 g/mol. The van der Waals surface area contributed by atoms with Crippen molar-refractivity contribution in [2.24, 2.45) is 5.92 Å². The Morgan fingerprint density at radius 1 is 1.24 bits per heavy atom. The maximum absolute atomic E-state index is 13.1. The largest absolute Gasteiger partial charge is 0.497 e. The van der Waals surface area contributed by atoms with Crippen LogP contribution in [0.4, 0.5) is 5.69 Å². The van der Waals surface area contributed by atoms with Crippen LogP contribution in [0.3, 0.4) is 0 Å². The number of carbonyl (C=O) groups excluding carboxylic acids is 1. The number of nitrogens with zero attached hydrogens (tertiary/aromatic N) is 1. The van der Waals surface area contributed by atoms with E-state index in [-0.39, 0.29) is 17.6 Å². The molecular formula is C18H25NO5S. The molecule has 0 N–H and O–H groups in total. The van der Waals surface area contributed by atoms with Crippen molar-refractivity contribution in [1.82, 2.24) is 0 Å². The molecule has 25 heavy (non-hydrogen) atoms. The Balaban J connectivity index is 2.52. The van der Waals surface area contributed by atoms with Crippen LogP contribution in [-0.4, -0.2) is 40.3 Å². The van der Waals surface area contributed by atoms with E-state index in [0.717, 1.165) is 0 Å². The molecule has 0 unspecified atom stereocenters. The SMILES string of the molecule is CCC(CC)C(=O)N(c1ccc(OC)cc1OC)[C@@H]1C=CS(=O)(=O)C1. The smallest absolute Gasteiger partial charge is 0.230 e. The van der Waals surface area contributed by atoms with Gasteiger partial charge in [0.25, 0.3) is 0 Å². The molecule has 1 atom stereocenters. The highest BCUT2D eigenvalue weighted by Crippen LogP contribution is 2.36. The molecule has 0 saturated carbocycles. The van der Waals surface area contributed by atoms with Crippen LogP contribution >= 0.6 is 0 Å². The minimum Gasteiger partial charge on any atom is -0.497 e. The summed E-state index contributed by atoms with van der Waals surface area (Å²) in [4.78, 5) is 14.7. The minimum atomic E-state index is -3.29.